The first-order chi connectivity index (χ1) is 16.8. The molecule has 0 atom stereocenters. The van der Waals surface area contributed by atoms with E-state index in [0.717, 1.165) is 36.1 Å². The molecule has 4 nitrogen and oxygen atoms in total. The van der Waals surface area contributed by atoms with Crippen LogP contribution in [0.3, 0.4) is 0 Å². The lowest BCUT2D eigenvalue weighted by atomic mass is 10.1. The third-order valence-corrected chi connectivity index (χ3v) is 6.99. The van der Waals surface area contributed by atoms with Crippen LogP contribution >= 0.6 is 11.3 Å². The van der Waals surface area contributed by atoms with Crippen LogP contribution in [0.25, 0.3) is 21.8 Å². The van der Waals surface area contributed by atoms with Crippen molar-refractivity contribution in [2.75, 3.05) is 18.4 Å². The highest BCUT2D eigenvalue weighted by atomic mass is 32.1. The summed E-state index contributed by atoms with van der Waals surface area (Å²) in [7, 11) is 0. The second-order valence-corrected chi connectivity index (χ2v) is 9.71. The van der Waals surface area contributed by atoms with Gasteiger partial charge < -0.3 is 10.6 Å². The second-order valence-electron chi connectivity index (χ2n) is 8.93. The lowest BCUT2D eigenvalue weighted by Gasteiger charge is -2.13. The number of nitrogens with one attached hydrogen (secondary N) is 2. The van der Waals surface area contributed by atoms with Crippen molar-refractivity contribution in [2.24, 2.45) is 0 Å². The highest BCUT2D eigenvalue weighted by Gasteiger charge is 2.08. The topological polar surface area (TPSA) is 54.0 Å². The van der Waals surface area contributed by atoms with Gasteiger partial charge in [-0.05, 0) is 47.4 Å². The van der Waals surface area contributed by atoms with E-state index >= 15 is 0 Å². The molecule has 34 heavy (non-hydrogen) atoms. The van der Waals surface area contributed by atoms with E-state index in [4.69, 9.17) is 4.98 Å². The number of aromatic nitrogens is 1. The van der Waals surface area contributed by atoms with Gasteiger partial charge in [0.1, 0.15) is 0 Å². The summed E-state index contributed by atoms with van der Waals surface area (Å²) in [5, 5.41) is 13.2. The van der Waals surface area contributed by atoms with Gasteiger partial charge in [-0.2, -0.15) is 11.3 Å². The van der Waals surface area contributed by atoms with Gasteiger partial charge in [0.15, 0.2) is 0 Å². The predicted molar refractivity (Wildman–Crippen MR) is 146 cm³/mol. The Kier molecular flexibility index (Phi) is 9.32. The zero-order valence-electron chi connectivity index (χ0n) is 19.9. The third kappa shape index (κ3) is 7.04. The predicted octanol–water partition coefficient (Wildman–Crippen LogP) is 7.34. The van der Waals surface area contributed by atoms with E-state index in [1.165, 1.54) is 61.4 Å². The number of pyridine rings is 1. The van der Waals surface area contributed by atoms with Crippen molar-refractivity contribution < 1.29 is 4.79 Å². The summed E-state index contributed by atoms with van der Waals surface area (Å²) in [6.45, 7) is 1.79. The maximum absolute atomic E-state index is 11.9. The fourth-order valence-electron chi connectivity index (χ4n) is 4.42. The molecule has 0 fully saturated rings. The van der Waals surface area contributed by atoms with Crippen molar-refractivity contribution in [1.82, 2.24) is 10.3 Å². The van der Waals surface area contributed by atoms with Crippen molar-refractivity contribution in [1.29, 1.82) is 0 Å². The molecule has 0 unspecified atom stereocenters. The zero-order valence-corrected chi connectivity index (χ0v) is 20.7. The highest BCUT2D eigenvalue weighted by molar-refractivity contribution is 7.08. The number of anilines is 1. The van der Waals surface area contributed by atoms with Gasteiger partial charge in [0.05, 0.1) is 23.1 Å². The number of carbonyl (C=O) groups is 1. The van der Waals surface area contributed by atoms with Gasteiger partial charge in [-0.3, -0.25) is 4.79 Å². The van der Waals surface area contributed by atoms with Gasteiger partial charge in [-0.15, -0.1) is 0 Å². The Morgan fingerprint density at radius 1 is 0.735 bits per heavy atom. The molecule has 0 radical (unpaired) electrons. The Morgan fingerprint density at radius 3 is 1.94 bits per heavy atom. The van der Waals surface area contributed by atoms with Gasteiger partial charge in [-0.25, -0.2) is 4.98 Å². The molecule has 4 aromatic rings. The number of hydrogen-bond acceptors (Lipinski definition) is 4. The largest absolute Gasteiger partial charge is 0.384 e. The molecule has 5 heteroatoms. The van der Waals surface area contributed by atoms with E-state index in [-0.39, 0.29) is 5.91 Å². The maximum atomic E-state index is 11.9. The fourth-order valence-corrected chi connectivity index (χ4v) is 5.09. The minimum absolute atomic E-state index is 0.139. The van der Waals surface area contributed by atoms with Crippen LogP contribution in [-0.4, -0.2) is 24.0 Å². The lowest BCUT2D eigenvalue weighted by Crippen LogP contribution is -2.25. The van der Waals surface area contributed by atoms with E-state index in [2.05, 4.69) is 59.2 Å². The summed E-state index contributed by atoms with van der Waals surface area (Å²) in [6, 6.07) is 18.8. The van der Waals surface area contributed by atoms with Crippen molar-refractivity contribution >= 4 is 44.7 Å². The normalized spacial score (nSPS) is 11.2. The first-order valence-electron chi connectivity index (χ1n) is 12.6. The molecule has 0 aliphatic carbocycles. The van der Waals surface area contributed by atoms with Gasteiger partial charge in [-0.1, -0.05) is 74.9 Å². The second kappa shape index (κ2) is 13.1. The molecule has 0 aliphatic rings. The summed E-state index contributed by atoms with van der Waals surface area (Å²) in [6.07, 6.45) is 10.3. The van der Waals surface area contributed by atoms with Crippen LogP contribution in [0.1, 0.15) is 56.9 Å². The van der Waals surface area contributed by atoms with Crippen LogP contribution in [0.4, 0.5) is 5.69 Å². The number of hydrogen-bond donors (Lipinski definition) is 2. The first-order valence-corrected chi connectivity index (χ1v) is 13.5. The lowest BCUT2D eigenvalue weighted by molar-refractivity contribution is -0.120. The Balaban J connectivity index is 1.06. The number of fused-ring (bicyclic) bond motifs is 2. The smallest absolute Gasteiger partial charge is 0.224 e. The highest BCUT2D eigenvalue weighted by Crippen LogP contribution is 2.30. The van der Waals surface area contributed by atoms with E-state index in [1.54, 1.807) is 11.3 Å². The van der Waals surface area contributed by atoms with Crippen molar-refractivity contribution in [3.8, 4) is 0 Å². The number of unbranched alkanes of at least 4 members (excludes halogenated alkanes) is 7. The monoisotopic (exact) mass is 473 g/mol. The SMILES string of the molecule is O=C(Cc1ccsc1)NCCCCCCCCCCNc1c2ccccc2nc2ccccc12. The van der Waals surface area contributed by atoms with E-state index in [9.17, 15) is 4.79 Å². The molecule has 0 spiro atoms. The zero-order chi connectivity index (χ0) is 23.4. The first kappa shape index (κ1) is 24.2. The molecule has 178 valence electrons. The molecule has 2 N–H and O–H groups in total. The molecular weight excluding hydrogens is 438 g/mol. The number of nitrogens with zero attached hydrogens (tertiary/aromatic N) is 1. The van der Waals surface area contributed by atoms with Crippen LogP contribution < -0.4 is 10.6 Å². The number of rotatable bonds is 14. The molecule has 0 saturated heterocycles. The van der Waals surface area contributed by atoms with E-state index < -0.39 is 0 Å². The van der Waals surface area contributed by atoms with Gasteiger partial charge in [0.2, 0.25) is 5.91 Å². The number of amides is 1. The number of thiophene rings is 1. The molecule has 0 bridgehead atoms. The third-order valence-electron chi connectivity index (χ3n) is 6.26. The summed E-state index contributed by atoms with van der Waals surface area (Å²) in [5.41, 5.74) is 4.42. The number of para-hydroxylation sites is 2. The minimum atomic E-state index is 0.139. The summed E-state index contributed by atoms with van der Waals surface area (Å²) < 4.78 is 0. The Hall–Kier alpha value is -2.92. The molecule has 0 aliphatic heterocycles. The standard InChI is InChI=1S/C29H35N3OS/c33-28(21-23-17-20-34-22-23)30-18-11-5-3-1-2-4-6-12-19-31-29-24-13-7-9-15-26(24)32-27-16-10-8-14-25(27)29/h7-10,13-17,20,22H,1-6,11-12,18-19,21H2,(H,30,33)(H,31,32). The Bertz CT molecular complexity index is 1120. The summed E-state index contributed by atoms with van der Waals surface area (Å²) >= 11 is 1.64. The molecule has 2 aromatic heterocycles. The molecule has 0 saturated carbocycles. The van der Waals surface area contributed by atoms with Crippen LogP contribution in [0, 0.1) is 0 Å². The number of carbonyl (C=O) groups excluding carboxylic acids is 1. The minimum Gasteiger partial charge on any atom is -0.384 e. The molecule has 2 heterocycles. The van der Waals surface area contributed by atoms with Crippen molar-refractivity contribution in [3.63, 3.8) is 0 Å². The number of benzene rings is 2. The van der Waals surface area contributed by atoms with Crippen LogP contribution in [0.15, 0.2) is 65.4 Å². The molecule has 2 aromatic carbocycles. The maximum Gasteiger partial charge on any atom is 0.224 e. The summed E-state index contributed by atoms with van der Waals surface area (Å²) in [5.74, 6) is 0.139. The van der Waals surface area contributed by atoms with Gasteiger partial charge >= 0.3 is 0 Å². The average molecular weight is 474 g/mol. The van der Waals surface area contributed by atoms with Crippen molar-refractivity contribution in [2.45, 2.75) is 57.8 Å². The summed E-state index contributed by atoms with van der Waals surface area (Å²) in [4.78, 5) is 16.7. The van der Waals surface area contributed by atoms with E-state index in [1.807, 2.05) is 16.8 Å². The molecule has 1 amide bonds. The molecular formula is C29H35N3OS. The quantitative estimate of drug-likeness (QED) is 0.149. The van der Waals surface area contributed by atoms with Gasteiger partial charge in [0, 0.05) is 23.9 Å². The van der Waals surface area contributed by atoms with Crippen LogP contribution in [0.5, 0.6) is 0 Å². The van der Waals surface area contributed by atoms with Crippen LogP contribution in [-0.2, 0) is 11.2 Å². The van der Waals surface area contributed by atoms with Crippen molar-refractivity contribution in [3.05, 3.63) is 70.9 Å². The molecule has 4 rings (SSSR count). The Morgan fingerprint density at radius 2 is 1.32 bits per heavy atom. The Labute approximate surface area is 206 Å². The average Bonchev–Trinajstić information content (AvgIpc) is 3.37. The van der Waals surface area contributed by atoms with E-state index in [0.29, 0.717) is 6.42 Å². The fraction of sp³-hybridized carbons (Fsp3) is 0.379. The van der Waals surface area contributed by atoms with Gasteiger partial charge in [0.25, 0.3) is 0 Å². The van der Waals surface area contributed by atoms with Crippen LogP contribution in [0.2, 0.25) is 0 Å².